The van der Waals surface area contributed by atoms with Crippen molar-refractivity contribution in [3.63, 3.8) is 0 Å². The van der Waals surface area contributed by atoms with Gasteiger partial charge >= 0.3 is 11.9 Å². The molecule has 0 radical (unpaired) electrons. The fourth-order valence-corrected chi connectivity index (χ4v) is 2.51. The Morgan fingerprint density at radius 2 is 1.82 bits per heavy atom. The van der Waals surface area contributed by atoms with Crippen LogP contribution < -0.4 is 0 Å². The Balaban J connectivity index is 2.05. The topological polar surface area (TPSA) is 49.5 Å². The lowest BCUT2D eigenvalue weighted by atomic mass is 10.1. The highest BCUT2D eigenvalue weighted by Gasteiger charge is 2.40. The van der Waals surface area contributed by atoms with Crippen LogP contribution in [-0.2, 0) is 9.63 Å². The number of benzene rings is 2. The molecule has 4 nitrogen and oxygen atoms in total. The number of hydrogen-bond donors (Lipinski definition) is 1. The molecule has 0 bridgehead atoms. The first-order chi connectivity index (χ1) is 10.6. The van der Waals surface area contributed by atoms with Crippen molar-refractivity contribution in [3.8, 4) is 0 Å². The van der Waals surface area contributed by atoms with E-state index in [1.165, 1.54) is 6.21 Å². The Morgan fingerprint density at radius 1 is 1.09 bits per heavy atom. The molecular formula is C16H10Cl2NO3+. The van der Waals surface area contributed by atoms with E-state index >= 15 is 0 Å². The summed E-state index contributed by atoms with van der Waals surface area (Å²) in [6.45, 7) is 0. The van der Waals surface area contributed by atoms with Crippen LogP contribution in [0.1, 0.15) is 11.1 Å². The molecule has 0 spiro atoms. The summed E-state index contributed by atoms with van der Waals surface area (Å²) in [5.74, 6) is -0.924. The molecule has 0 saturated heterocycles. The molecule has 110 valence electrons. The maximum absolute atomic E-state index is 12.0. The Bertz CT molecular complexity index is 813. The van der Waals surface area contributed by atoms with Gasteiger partial charge in [0.1, 0.15) is 0 Å². The smallest absolute Gasteiger partial charge is 0.431 e. The average Bonchev–Trinajstić information content (AvgIpc) is 2.77. The SMILES string of the molecule is O=C1O/[N+](=C/c2ccc(Cl)cc2Cl)C(O)=C1c1ccccc1. The number of rotatable bonds is 2. The number of hydrogen-bond acceptors (Lipinski definition) is 3. The third kappa shape index (κ3) is 2.71. The van der Waals surface area contributed by atoms with Gasteiger partial charge in [0.2, 0.25) is 6.21 Å². The summed E-state index contributed by atoms with van der Waals surface area (Å²) >= 11 is 11.9. The monoisotopic (exact) mass is 334 g/mol. The summed E-state index contributed by atoms with van der Waals surface area (Å²) < 4.78 is 0.986. The second-order valence-corrected chi connectivity index (χ2v) is 5.41. The molecule has 1 aliphatic heterocycles. The maximum Gasteiger partial charge on any atom is 0.431 e. The molecular weight excluding hydrogens is 325 g/mol. The number of halogens is 2. The first kappa shape index (κ1) is 14.6. The van der Waals surface area contributed by atoms with Gasteiger partial charge in [0, 0.05) is 5.02 Å². The molecule has 1 aliphatic rings. The number of aliphatic hydroxyl groups is 1. The summed E-state index contributed by atoms with van der Waals surface area (Å²) in [6.07, 6.45) is 1.42. The van der Waals surface area contributed by atoms with Crippen molar-refractivity contribution >= 4 is 41.0 Å². The molecule has 0 atom stereocenters. The molecule has 3 rings (SSSR count). The largest absolute Gasteiger partial charge is 0.456 e. The van der Waals surface area contributed by atoms with Crippen LogP contribution in [0, 0.1) is 0 Å². The molecule has 1 N–H and O–H groups in total. The van der Waals surface area contributed by atoms with E-state index in [9.17, 15) is 9.90 Å². The van der Waals surface area contributed by atoms with Crippen LogP contribution in [-0.4, -0.2) is 22.0 Å². The van der Waals surface area contributed by atoms with Crippen molar-refractivity contribution in [2.45, 2.75) is 0 Å². The van der Waals surface area contributed by atoms with Gasteiger partial charge < -0.3 is 5.11 Å². The lowest BCUT2D eigenvalue weighted by Crippen LogP contribution is -2.10. The number of aliphatic hydroxyl groups excluding tert-OH is 1. The van der Waals surface area contributed by atoms with Gasteiger partial charge in [-0.2, -0.15) is 4.84 Å². The van der Waals surface area contributed by atoms with Gasteiger partial charge in [-0.05, 0) is 23.8 Å². The van der Waals surface area contributed by atoms with Gasteiger partial charge in [-0.25, -0.2) is 4.79 Å². The zero-order chi connectivity index (χ0) is 15.7. The van der Waals surface area contributed by atoms with E-state index in [4.69, 9.17) is 28.0 Å². The number of nitrogens with zero attached hydrogens (tertiary/aromatic N) is 1. The number of carbonyl (C=O) groups is 1. The van der Waals surface area contributed by atoms with Crippen molar-refractivity contribution < 1.29 is 19.5 Å². The van der Waals surface area contributed by atoms with Crippen LogP contribution in [0.2, 0.25) is 10.0 Å². The molecule has 22 heavy (non-hydrogen) atoms. The first-order valence-electron chi connectivity index (χ1n) is 6.36. The van der Waals surface area contributed by atoms with E-state index in [0.717, 1.165) is 4.74 Å². The van der Waals surface area contributed by atoms with E-state index in [0.29, 0.717) is 21.2 Å². The third-order valence-electron chi connectivity index (χ3n) is 3.10. The zero-order valence-electron chi connectivity index (χ0n) is 11.2. The van der Waals surface area contributed by atoms with Gasteiger partial charge in [-0.3, -0.25) is 0 Å². The third-order valence-corrected chi connectivity index (χ3v) is 3.66. The predicted molar refractivity (Wildman–Crippen MR) is 84.0 cm³/mol. The second kappa shape index (κ2) is 5.83. The minimum absolute atomic E-state index is 0.0990. The molecule has 2 aromatic carbocycles. The van der Waals surface area contributed by atoms with E-state index in [2.05, 4.69) is 0 Å². The summed E-state index contributed by atoms with van der Waals surface area (Å²) in [5.41, 5.74) is 1.23. The molecule has 0 fully saturated rings. The van der Waals surface area contributed by atoms with Crippen molar-refractivity contribution in [1.29, 1.82) is 0 Å². The molecule has 0 saturated carbocycles. The fourth-order valence-electron chi connectivity index (χ4n) is 2.05. The maximum atomic E-state index is 12.0. The Labute approximate surface area is 136 Å². The second-order valence-electron chi connectivity index (χ2n) is 4.56. The van der Waals surface area contributed by atoms with Crippen LogP contribution in [0.3, 0.4) is 0 Å². The van der Waals surface area contributed by atoms with Gasteiger partial charge in [0.15, 0.2) is 5.57 Å². The number of carbonyl (C=O) groups excluding carboxylic acids is 1. The molecule has 0 amide bonds. The van der Waals surface area contributed by atoms with Crippen LogP contribution in [0.4, 0.5) is 0 Å². The molecule has 0 aliphatic carbocycles. The number of hydroxylamine groups is 1. The van der Waals surface area contributed by atoms with Gasteiger partial charge in [0.05, 0.1) is 15.3 Å². The van der Waals surface area contributed by atoms with Crippen molar-refractivity contribution in [2.24, 2.45) is 0 Å². The van der Waals surface area contributed by atoms with E-state index < -0.39 is 5.97 Å². The van der Waals surface area contributed by atoms with Crippen molar-refractivity contribution in [1.82, 2.24) is 0 Å². The van der Waals surface area contributed by atoms with Gasteiger partial charge in [-0.1, -0.05) is 53.5 Å². The highest BCUT2D eigenvalue weighted by molar-refractivity contribution is 6.36. The van der Waals surface area contributed by atoms with E-state index in [1.807, 2.05) is 6.07 Å². The highest BCUT2D eigenvalue weighted by Crippen LogP contribution is 2.26. The molecule has 2 aromatic rings. The minimum Gasteiger partial charge on any atom is -0.456 e. The normalized spacial score (nSPS) is 16.3. The molecule has 1 heterocycles. The van der Waals surface area contributed by atoms with Crippen LogP contribution in [0.5, 0.6) is 0 Å². The predicted octanol–water partition coefficient (Wildman–Crippen LogP) is 3.82. The van der Waals surface area contributed by atoms with Crippen molar-refractivity contribution in [2.75, 3.05) is 0 Å². The average molecular weight is 335 g/mol. The summed E-state index contributed by atoms with van der Waals surface area (Å²) in [6, 6.07) is 13.7. The summed E-state index contributed by atoms with van der Waals surface area (Å²) in [7, 11) is 0. The van der Waals surface area contributed by atoms with E-state index in [-0.39, 0.29) is 11.5 Å². The fraction of sp³-hybridized carbons (Fsp3) is 0. The van der Waals surface area contributed by atoms with Gasteiger partial charge in [0.25, 0.3) is 0 Å². The van der Waals surface area contributed by atoms with Crippen LogP contribution in [0.25, 0.3) is 5.57 Å². The lowest BCUT2D eigenvalue weighted by molar-refractivity contribution is -0.728. The minimum atomic E-state index is -0.634. The Morgan fingerprint density at radius 3 is 2.50 bits per heavy atom. The Kier molecular flexibility index (Phi) is 3.88. The van der Waals surface area contributed by atoms with Crippen LogP contribution in [0.15, 0.2) is 54.4 Å². The molecule has 0 unspecified atom stereocenters. The standard InChI is InChI=1S/C16H9Cl2NO3/c17-12-7-6-11(13(18)8-12)9-19-15(20)14(16(21)22-19)10-4-2-1-3-5-10/h1-9H/p+1/b19-9+. The first-order valence-corrected chi connectivity index (χ1v) is 7.12. The van der Waals surface area contributed by atoms with E-state index in [1.54, 1.807) is 42.5 Å². The lowest BCUT2D eigenvalue weighted by Gasteiger charge is -1.96. The Hall–Kier alpha value is -2.30. The summed E-state index contributed by atoms with van der Waals surface area (Å²) in [4.78, 5) is 17.0. The van der Waals surface area contributed by atoms with Crippen LogP contribution >= 0.6 is 23.2 Å². The quantitative estimate of drug-likeness (QED) is 0.670. The van der Waals surface area contributed by atoms with Gasteiger partial charge in [-0.15, -0.1) is 0 Å². The highest BCUT2D eigenvalue weighted by atomic mass is 35.5. The molecule has 6 heteroatoms. The summed E-state index contributed by atoms with van der Waals surface area (Å²) in [5, 5.41) is 11.1. The van der Waals surface area contributed by atoms with Crippen molar-refractivity contribution in [3.05, 3.63) is 75.6 Å². The molecule has 0 aromatic heterocycles. The zero-order valence-corrected chi connectivity index (χ0v) is 12.7.